The molecule has 0 radical (unpaired) electrons. The number of hydrogen-bond donors (Lipinski definition) is 1. The Morgan fingerprint density at radius 3 is 2.85 bits per heavy atom. The Labute approximate surface area is 116 Å². The van der Waals surface area contributed by atoms with Crippen molar-refractivity contribution in [1.82, 2.24) is 19.5 Å². The fourth-order valence-electron chi connectivity index (χ4n) is 1.57. The Balaban J connectivity index is 1.88. The molecule has 20 heavy (non-hydrogen) atoms. The van der Waals surface area contributed by atoms with Crippen LogP contribution in [0.15, 0.2) is 41.7 Å². The summed E-state index contributed by atoms with van der Waals surface area (Å²) in [7, 11) is -3.58. The molecule has 0 fully saturated rings. The molecule has 0 saturated carbocycles. The summed E-state index contributed by atoms with van der Waals surface area (Å²) in [5.41, 5.74) is 0.183. The minimum atomic E-state index is -3.58. The van der Waals surface area contributed by atoms with Crippen LogP contribution < -0.4 is 4.72 Å². The molecule has 0 bridgehead atoms. The lowest BCUT2D eigenvalue weighted by molar-refractivity contribution is 0.552. The van der Waals surface area contributed by atoms with E-state index in [-0.39, 0.29) is 10.6 Å². The Hall–Kier alpha value is -2.24. The van der Waals surface area contributed by atoms with Gasteiger partial charge < -0.3 is 0 Å². The van der Waals surface area contributed by atoms with Crippen LogP contribution in [0.5, 0.6) is 0 Å². The van der Waals surface area contributed by atoms with Gasteiger partial charge in [-0.15, -0.1) is 0 Å². The molecule has 104 valence electrons. The first-order valence-corrected chi connectivity index (χ1v) is 7.43. The van der Waals surface area contributed by atoms with Gasteiger partial charge in [-0.2, -0.15) is 10.4 Å². The van der Waals surface area contributed by atoms with E-state index in [0.717, 1.165) is 0 Å². The van der Waals surface area contributed by atoms with Crippen LogP contribution in [0.25, 0.3) is 0 Å². The van der Waals surface area contributed by atoms with Crippen molar-refractivity contribution in [2.24, 2.45) is 0 Å². The molecule has 0 aliphatic carbocycles. The number of nitrogens with zero attached hydrogens (tertiary/aromatic N) is 4. The predicted octanol–water partition coefficient (Wildman–Crippen LogP) is 0.518. The summed E-state index contributed by atoms with van der Waals surface area (Å²) in [4.78, 5) is 3.79. The number of sulfonamides is 1. The number of rotatable bonds is 6. The predicted molar refractivity (Wildman–Crippen MR) is 71.0 cm³/mol. The molecule has 0 unspecified atom stereocenters. The molecule has 0 aliphatic rings. The summed E-state index contributed by atoms with van der Waals surface area (Å²) >= 11 is 0. The second-order valence-corrected chi connectivity index (χ2v) is 5.78. The van der Waals surface area contributed by atoms with E-state index in [4.69, 9.17) is 5.26 Å². The van der Waals surface area contributed by atoms with Crippen LogP contribution in [-0.4, -0.2) is 29.7 Å². The molecule has 0 atom stereocenters. The van der Waals surface area contributed by atoms with E-state index in [1.807, 2.05) is 18.3 Å². The number of aryl methyl sites for hydroxylation is 1. The van der Waals surface area contributed by atoms with Gasteiger partial charge in [0.15, 0.2) is 0 Å². The highest BCUT2D eigenvalue weighted by atomic mass is 32.2. The quantitative estimate of drug-likeness (QED) is 0.782. The molecular weight excluding hydrogens is 278 g/mol. The van der Waals surface area contributed by atoms with Crippen molar-refractivity contribution < 1.29 is 8.42 Å². The van der Waals surface area contributed by atoms with Gasteiger partial charge in [0.2, 0.25) is 10.0 Å². The Kier molecular flexibility index (Phi) is 4.45. The topological polar surface area (TPSA) is 101 Å². The van der Waals surface area contributed by atoms with Crippen molar-refractivity contribution in [3.05, 3.63) is 42.5 Å². The summed E-state index contributed by atoms with van der Waals surface area (Å²) in [5.74, 6) is 0. The Bertz CT molecular complexity index is 686. The van der Waals surface area contributed by atoms with Crippen molar-refractivity contribution >= 4 is 10.0 Å². The molecule has 2 aromatic rings. The van der Waals surface area contributed by atoms with Crippen LogP contribution >= 0.6 is 0 Å². The van der Waals surface area contributed by atoms with E-state index < -0.39 is 10.0 Å². The summed E-state index contributed by atoms with van der Waals surface area (Å²) in [6, 6.07) is 6.39. The number of aromatic nitrogens is 3. The lowest BCUT2D eigenvalue weighted by Gasteiger charge is -2.06. The third kappa shape index (κ3) is 3.63. The SMILES string of the molecule is N#Cc1ccc(S(=O)(=O)NCCCn2cccn2)cn1. The van der Waals surface area contributed by atoms with Gasteiger partial charge in [0, 0.05) is 31.7 Å². The van der Waals surface area contributed by atoms with Gasteiger partial charge in [0.1, 0.15) is 16.7 Å². The first kappa shape index (κ1) is 14.2. The first-order valence-electron chi connectivity index (χ1n) is 5.95. The smallest absolute Gasteiger partial charge is 0.242 e. The van der Waals surface area contributed by atoms with Crippen LogP contribution in [0.1, 0.15) is 12.1 Å². The maximum Gasteiger partial charge on any atom is 0.242 e. The first-order chi connectivity index (χ1) is 9.62. The van der Waals surface area contributed by atoms with Gasteiger partial charge in [0.05, 0.1) is 0 Å². The molecule has 2 heterocycles. The maximum atomic E-state index is 11.9. The second kappa shape index (κ2) is 6.27. The average molecular weight is 291 g/mol. The van der Waals surface area contributed by atoms with Gasteiger partial charge >= 0.3 is 0 Å². The highest BCUT2D eigenvalue weighted by molar-refractivity contribution is 7.89. The Morgan fingerprint density at radius 2 is 2.25 bits per heavy atom. The fourth-order valence-corrected chi connectivity index (χ4v) is 2.59. The zero-order chi connectivity index (χ0) is 14.4. The summed E-state index contributed by atoms with van der Waals surface area (Å²) in [6.07, 6.45) is 5.30. The number of pyridine rings is 1. The van der Waals surface area contributed by atoms with E-state index in [1.54, 1.807) is 10.9 Å². The summed E-state index contributed by atoms with van der Waals surface area (Å²) in [5, 5.41) is 12.6. The van der Waals surface area contributed by atoms with Crippen molar-refractivity contribution in [3.8, 4) is 6.07 Å². The summed E-state index contributed by atoms with van der Waals surface area (Å²) < 4.78 is 28.1. The van der Waals surface area contributed by atoms with Crippen molar-refractivity contribution in [2.75, 3.05) is 6.54 Å². The summed E-state index contributed by atoms with van der Waals surface area (Å²) in [6.45, 7) is 0.948. The second-order valence-electron chi connectivity index (χ2n) is 4.01. The zero-order valence-electron chi connectivity index (χ0n) is 10.6. The van der Waals surface area contributed by atoms with E-state index in [0.29, 0.717) is 19.5 Å². The van der Waals surface area contributed by atoms with Crippen LogP contribution in [-0.2, 0) is 16.6 Å². The molecule has 0 spiro atoms. The minimum absolute atomic E-state index is 0.0515. The molecule has 0 aliphatic heterocycles. The highest BCUT2D eigenvalue weighted by Gasteiger charge is 2.13. The van der Waals surface area contributed by atoms with Crippen LogP contribution in [0, 0.1) is 11.3 Å². The van der Waals surface area contributed by atoms with Crippen LogP contribution in [0.2, 0.25) is 0 Å². The lowest BCUT2D eigenvalue weighted by Crippen LogP contribution is -2.25. The van der Waals surface area contributed by atoms with E-state index >= 15 is 0 Å². The van der Waals surface area contributed by atoms with E-state index in [9.17, 15) is 8.42 Å². The fraction of sp³-hybridized carbons (Fsp3) is 0.250. The van der Waals surface area contributed by atoms with Crippen LogP contribution in [0.3, 0.4) is 0 Å². The van der Waals surface area contributed by atoms with Crippen LogP contribution in [0.4, 0.5) is 0 Å². The molecule has 2 aromatic heterocycles. The van der Waals surface area contributed by atoms with E-state index in [1.165, 1.54) is 18.3 Å². The van der Waals surface area contributed by atoms with Gasteiger partial charge in [-0.1, -0.05) is 0 Å². The maximum absolute atomic E-state index is 11.9. The van der Waals surface area contributed by atoms with Gasteiger partial charge in [-0.05, 0) is 24.6 Å². The average Bonchev–Trinajstić information content (AvgIpc) is 2.97. The third-order valence-electron chi connectivity index (χ3n) is 2.58. The minimum Gasteiger partial charge on any atom is -0.273 e. The standard InChI is InChI=1S/C12H13N5O2S/c13-9-11-3-4-12(10-14-11)20(18,19)16-6-2-8-17-7-1-5-15-17/h1,3-5,7,10,16H,2,6,8H2. The molecule has 8 heteroatoms. The number of hydrogen-bond acceptors (Lipinski definition) is 5. The van der Waals surface area contributed by atoms with Gasteiger partial charge in [-0.3, -0.25) is 4.68 Å². The normalized spacial score (nSPS) is 11.2. The third-order valence-corrected chi connectivity index (χ3v) is 4.02. The molecular formula is C12H13N5O2S. The van der Waals surface area contributed by atoms with Crippen molar-refractivity contribution in [1.29, 1.82) is 5.26 Å². The monoisotopic (exact) mass is 291 g/mol. The van der Waals surface area contributed by atoms with Gasteiger partial charge in [0.25, 0.3) is 0 Å². The highest BCUT2D eigenvalue weighted by Crippen LogP contribution is 2.07. The zero-order valence-corrected chi connectivity index (χ0v) is 11.4. The molecule has 0 saturated heterocycles. The Morgan fingerprint density at radius 1 is 1.40 bits per heavy atom. The molecule has 1 N–H and O–H groups in total. The van der Waals surface area contributed by atoms with Gasteiger partial charge in [-0.25, -0.2) is 18.1 Å². The van der Waals surface area contributed by atoms with Crippen molar-refractivity contribution in [2.45, 2.75) is 17.9 Å². The molecule has 2 rings (SSSR count). The molecule has 0 aromatic carbocycles. The molecule has 7 nitrogen and oxygen atoms in total. The largest absolute Gasteiger partial charge is 0.273 e. The number of nitriles is 1. The van der Waals surface area contributed by atoms with Crippen molar-refractivity contribution in [3.63, 3.8) is 0 Å². The van der Waals surface area contributed by atoms with E-state index in [2.05, 4.69) is 14.8 Å². The lowest BCUT2D eigenvalue weighted by atomic mass is 10.4. The molecule has 0 amide bonds. The number of nitrogens with one attached hydrogen (secondary N) is 1.